The minimum absolute atomic E-state index is 0.0596. The maximum Gasteiger partial charge on any atom is 0.356 e. The molecule has 2 aliphatic rings. The molecule has 1 N–H and O–H groups in total. The first-order valence-electron chi connectivity index (χ1n) is 21.3. The van der Waals surface area contributed by atoms with E-state index in [4.69, 9.17) is 23.7 Å². The van der Waals surface area contributed by atoms with Gasteiger partial charge in [0.15, 0.2) is 18.1 Å². The van der Waals surface area contributed by atoms with Crippen molar-refractivity contribution in [2.24, 2.45) is 0 Å². The first kappa shape index (κ1) is 45.1. The van der Waals surface area contributed by atoms with Gasteiger partial charge in [-0.2, -0.15) is 0 Å². The quantitative estimate of drug-likeness (QED) is 0.0311. The van der Waals surface area contributed by atoms with Crippen molar-refractivity contribution in [3.63, 3.8) is 0 Å². The zero-order valence-electron chi connectivity index (χ0n) is 36.1. The summed E-state index contributed by atoms with van der Waals surface area (Å²) in [5.41, 5.74) is 4.03. The Balaban J connectivity index is 1.09. The first-order valence-corrected chi connectivity index (χ1v) is 22.3. The zero-order chi connectivity index (χ0) is 46.0. The molecular formula is C53H46N2O10S. The van der Waals surface area contributed by atoms with Gasteiger partial charge in [0.1, 0.15) is 29.5 Å². The number of methoxy groups -OCH3 is 1. The van der Waals surface area contributed by atoms with Crippen LogP contribution in [-0.2, 0) is 49.5 Å². The maximum atomic E-state index is 14.7. The summed E-state index contributed by atoms with van der Waals surface area (Å²) < 4.78 is 29.5. The molecule has 334 valence electrons. The van der Waals surface area contributed by atoms with Crippen molar-refractivity contribution in [2.75, 3.05) is 12.9 Å². The fourth-order valence-corrected chi connectivity index (χ4v) is 9.23. The lowest BCUT2D eigenvalue weighted by Gasteiger charge is -2.50. The number of fused-ring (bicyclic) bond motifs is 1. The molecule has 2 aliphatic heterocycles. The van der Waals surface area contributed by atoms with Crippen LogP contribution in [0.15, 0.2) is 187 Å². The number of amides is 2. The number of nitrogens with zero attached hydrogens (tertiary/aromatic N) is 1. The normalized spacial score (nSPS) is 16.4. The zero-order valence-corrected chi connectivity index (χ0v) is 36.9. The van der Waals surface area contributed by atoms with E-state index in [2.05, 4.69) is 5.32 Å². The molecule has 8 rings (SSSR count). The predicted octanol–water partition coefficient (Wildman–Crippen LogP) is 8.20. The molecule has 0 aromatic heterocycles. The van der Waals surface area contributed by atoms with Crippen LogP contribution in [0.5, 0.6) is 5.75 Å². The number of esters is 3. The van der Waals surface area contributed by atoms with E-state index in [-0.39, 0.29) is 17.0 Å². The van der Waals surface area contributed by atoms with Crippen LogP contribution in [0.25, 0.3) is 0 Å². The number of benzene rings is 6. The van der Waals surface area contributed by atoms with Crippen molar-refractivity contribution in [1.82, 2.24) is 10.2 Å². The molecule has 2 unspecified atom stereocenters. The predicted molar refractivity (Wildman–Crippen MR) is 246 cm³/mol. The number of hydrogen-bond donors (Lipinski definition) is 1. The smallest absolute Gasteiger partial charge is 0.356 e. The molecule has 4 atom stereocenters. The Morgan fingerprint density at radius 1 is 0.636 bits per heavy atom. The Morgan fingerprint density at radius 3 is 1.61 bits per heavy atom. The Hall–Kier alpha value is -7.48. The fourth-order valence-electron chi connectivity index (χ4n) is 7.87. The van der Waals surface area contributed by atoms with Crippen LogP contribution in [0.3, 0.4) is 0 Å². The Bertz CT molecular complexity index is 2590. The SMILES string of the molecule is COC(OC(C)=O)C1=C(C(=O)OC(c2ccccc2)c2ccccc2)N2C(=O)[C@@H](NC(=O)C(C(=O)OC(c3ccccc3)c3ccccc3)c3ccc(OCc4ccccc4)cc3)[C@H]2SC1. The fraction of sp³-hybridized carbons (Fsp3) is 0.189. The summed E-state index contributed by atoms with van der Waals surface area (Å²) in [6.45, 7) is 1.51. The van der Waals surface area contributed by atoms with Crippen molar-refractivity contribution in [3.8, 4) is 5.75 Å². The lowest BCUT2D eigenvalue weighted by Crippen LogP contribution is -2.71. The largest absolute Gasteiger partial charge is 0.489 e. The third kappa shape index (κ3) is 10.2. The van der Waals surface area contributed by atoms with Crippen molar-refractivity contribution in [1.29, 1.82) is 0 Å². The van der Waals surface area contributed by atoms with E-state index < -0.39 is 65.6 Å². The highest BCUT2D eigenvalue weighted by molar-refractivity contribution is 8.00. The number of carbonyl (C=O) groups is 5. The summed E-state index contributed by atoms with van der Waals surface area (Å²) in [5.74, 6) is -4.80. The van der Waals surface area contributed by atoms with Crippen molar-refractivity contribution < 1.29 is 47.7 Å². The summed E-state index contributed by atoms with van der Waals surface area (Å²) in [6.07, 6.45) is -3.06. The second-order valence-corrected chi connectivity index (χ2v) is 16.6. The topological polar surface area (TPSA) is 147 Å². The molecule has 2 amide bonds. The van der Waals surface area contributed by atoms with Crippen LogP contribution in [0.2, 0.25) is 0 Å². The molecule has 0 bridgehead atoms. The number of nitrogens with one attached hydrogen (secondary N) is 1. The van der Waals surface area contributed by atoms with Gasteiger partial charge in [-0.1, -0.05) is 164 Å². The summed E-state index contributed by atoms with van der Waals surface area (Å²) in [4.78, 5) is 71.7. The van der Waals surface area contributed by atoms with Crippen molar-refractivity contribution in [2.45, 2.75) is 49.4 Å². The van der Waals surface area contributed by atoms with Crippen LogP contribution in [-0.4, -0.2) is 65.2 Å². The van der Waals surface area contributed by atoms with Gasteiger partial charge in [0, 0.05) is 25.4 Å². The first-order chi connectivity index (χ1) is 32.2. The van der Waals surface area contributed by atoms with E-state index in [1.54, 1.807) is 24.3 Å². The van der Waals surface area contributed by atoms with Gasteiger partial charge < -0.3 is 29.0 Å². The summed E-state index contributed by atoms with van der Waals surface area (Å²) in [7, 11) is 1.32. The average Bonchev–Trinajstić information content (AvgIpc) is 3.36. The minimum atomic E-state index is -1.53. The highest BCUT2D eigenvalue weighted by Gasteiger charge is 2.56. The van der Waals surface area contributed by atoms with E-state index in [1.807, 2.05) is 152 Å². The number of carbonyl (C=O) groups excluding carboxylic acids is 5. The molecule has 0 spiro atoms. The number of rotatable bonds is 17. The highest BCUT2D eigenvalue weighted by atomic mass is 32.2. The molecule has 1 saturated heterocycles. The summed E-state index contributed by atoms with van der Waals surface area (Å²) in [5, 5.41) is 2.01. The van der Waals surface area contributed by atoms with Crippen molar-refractivity contribution in [3.05, 3.63) is 221 Å². The van der Waals surface area contributed by atoms with Gasteiger partial charge in [0.05, 0.1) is 0 Å². The van der Waals surface area contributed by atoms with Gasteiger partial charge >= 0.3 is 17.9 Å². The summed E-state index contributed by atoms with van der Waals surface area (Å²) in [6, 6.07) is 51.7. The lowest BCUT2D eigenvalue weighted by molar-refractivity contribution is -0.166. The monoisotopic (exact) mass is 902 g/mol. The Labute approximate surface area is 386 Å². The van der Waals surface area contributed by atoms with Gasteiger partial charge in [-0.15, -0.1) is 11.8 Å². The third-order valence-corrected chi connectivity index (χ3v) is 12.4. The van der Waals surface area contributed by atoms with E-state index in [0.29, 0.717) is 40.2 Å². The van der Waals surface area contributed by atoms with Crippen LogP contribution >= 0.6 is 11.8 Å². The molecule has 12 nitrogen and oxygen atoms in total. The van der Waals surface area contributed by atoms with Crippen LogP contribution in [0.1, 0.15) is 58.4 Å². The van der Waals surface area contributed by atoms with Gasteiger partial charge in [-0.3, -0.25) is 24.1 Å². The van der Waals surface area contributed by atoms with Crippen LogP contribution < -0.4 is 10.1 Å². The van der Waals surface area contributed by atoms with Gasteiger partial charge in [0.25, 0.3) is 5.91 Å². The third-order valence-electron chi connectivity index (χ3n) is 11.1. The standard InChI is InChI=1S/C53H46N2O10S/c1-34(56)63-53(61-2)42-33-66-50-44(49(58)55(50)45(42)52(60)65-47(39-24-14-6-15-25-39)40-26-16-7-17-27-40)54-48(57)43(36-28-30-41(31-29-36)62-32-35-18-8-3-9-19-35)51(59)64-46(37-20-10-4-11-21-37)38-22-12-5-13-23-38/h3-31,43-44,46-47,50,53H,32-33H2,1-2H3,(H,54,57)/t43?,44-,50-,53?/m1/s1. The molecule has 2 heterocycles. The molecule has 0 radical (unpaired) electrons. The second-order valence-electron chi connectivity index (χ2n) is 15.5. The Kier molecular flexibility index (Phi) is 14.4. The molecule has 6 aromatic rings. The van der Waals surface area contributed by atoms with Gasteiger partial charge in [-0.05, 0) is 45.5 Å². The number of thioether (sulfide) groups is 1. The molecule has 0 aliphatic carbocycles. The average molecular weight is 903 g/mol. The molecule has 13 heteroatoms. The molecular weight excluding hydrogens is 857 g/mol. The van der Waals surface area contributed by atoms with Gasteiger partial charge in [-0.25, -0.2) is 4.79 Å². The summed E-state index contributed by atoms with van der Waals surface area (Å²) >= 11 is 1.23. The molecule has 1 fully saturated rings. The second kappa shape index (κ2) is 21.0. The minimum Gasteiger partial charge on any atom is -0.489 e. The van der Waals surface area contributed by atoms with E-state index >= 15 is 0 Å². The molecule has 0 saturated carbocycles. The van der Waals surface area contributed by atoms with Crippen molar-refractivity contribution >= 4 is 41.5 Å². The lowest BCUT2D eigenvalue weighted by atomic mass is 9.95. The van der Waals surface area contributed by atoms with E-state index in [1.165, 1.54) is 30.7 Å². The van der Waals surface area contributed by atoms with Gasteiger partial charge in [0.2, 0.25) is 12.2 Å². The van der Waals surface area contributed by atoms with Crippen LogP contribution in [0, 0.1) is 0 Å². The van der Waals surface area contributed by atoms with E-state index in [0.717, 1.165) is 5.56 Å². The number of hydrogen-bond acceptors (Lipinski definition) is 11. The molecule has 66 heavy (non-hydrogen) atoms. The molecule has 6 aromatic carbocycles. The maximum absolute atomic E-state index is 14.7. The number of ether oxygens (including phenoxy) is 5. The van der Waals surface area contributed by atoms with Crippen LogP contribution in [0.4, 0.5) is 0 Å². The van der Waals surface area contributed by atoms with E-state index in [9.17, 15) is 24.0 Å². The highest BCUT2D eigenvalue weighted by Crippen LogP contribution is 2.43. The Morgan fingerprint density at radius 2 is 1.12 bits per heavy atom. The number of β-lactam (4-membered cyclic amide) rings is 1.